The maximum Gasteiger partial charge on any atom is 0.329 e. The molecule has 1 heterocycles. The molecule has 0 aromatic carbocycles. The Morgan fingerprint density at radius 3 is 2.68 bits per heavy atom. The van der Waals surface area contributed by atoms with Crippen molar-refractivity contribution in [2.75, 3.05) is 26.4 Å². The first kappa shape index (κ1) is 15.7. The van der Waals surface area contributed by atoms with E-state index in [4.69, 9.17) is 14.6 Å². The molecular formula is C12H22N2O5. The molecule has 3 N–H and O–H groups in total. The van der Waals surface area contributed by atoms with Gasteiger partial charge in [-0.3, -0.25) is 0 Å². The molecule has 0 radical (unpaired) electrons. The Morgan fingerprint density at radius 1 is 1.42 bits per heavy atom. The van der Waals surface area contributed by atoms with Crippen LogP contribution in [0.4, 0.5) is 4.79 Å². The van der Waals surface area contributed by atoms with Gasteiger partial charge in [-0.25, -0.2) is 9.59 Å². The van der Waals surface area contributed by atoms with Crippen molar-refractivity contribution in [1.82, 2.24) is 10.6 Å². The zero-order chi connectivity index (χ0) is 14.3. The van der Waals surface area contributed by atoms with Gasteiger partial charge in [-0.1, -0.05) is 13.3 Å². The van der Waals surface area contributed by atoms with Crippen LogP contribution in [-0.2, 0) is 14.3 Å². The largest absolute Gasteiger partial charge is 0.480 e. The lowest BCUT2D eigenvalue weighted by Gasteiger charge is -2.27. The minimum atomic E-state index is -1.25. The van der Waals surface area contributed by atoms with Crippen LogP contribution in [0, 0.1) is 0 Å². The first-order chi connectivity index (χ1) is 8.98. The van der Waals surface area contributed by atoms with Crippen molar-refractivity contribution >= 4 is 12.0 Å². The first-order valence-corrected chi connectivity index (χ1v) is 6.46. The Balaban J connectivity index is 2.37. The number of carbonyl (C=O) groups excluding carboxylic acids is 1. The van der Waals surface area contributed by atoms with Crippen molar-refractivity contribution in [3.05, 3.63) is 0 Å². The van der Waals surface area contributed by atoms with Crippen molar-refractivity contribution in [2.45, 2.75) is 38.3 Å². The normalized spacial score (nSPS) is 22.3. The van der Waals surface area contributed by atoms with Crippen LogP contribution in [-0.4, -0.2) is 55.1 Å². The number of carbonyl (C=O) groups is 2. The second-order valence-electron chi connectivity index (χ2n) is 4.79. The third-order valence-corrected chi connectivity index (χ3v) is 2.99. The molecule has 7 nitrogen and oxygen atoms in total. The summed E-state index contributed by atoms with van der Waals surface area (Å²) in [5.74, 6) is -1.04. The van der Waals surface area contributed by atoms with E-state index in [0.29, 0.717) is 39.2 Å². The van der Waals surface area contributed by atoms with Gasteiger partial charge in [0.15, 0.2) is 0 Å². The highest BCUT2D eigenvalue weighted by Crippen LogP contribution is 2.12. The van der Waals surface area contributed by atoms with Gasteiger partial charge in [0, 0.05) is 6.54 Å². The molecule has 1 aliphatic heterocycles. The Bertz CT molecular complexity index is 317. The summed E-state index contributed by atoms with van der Waals surface area (Å²) in [7, 11) is 0. The highest BCUT2D eigenvalue weighted by Gasteiger charge is 2.33. The number of carboxylic acids is 1. The quantitative estimate of drug-likeness (QED) is 0.649. The number of ether oxygens (including phenoxy) is 2. The van der Waals surface area contributed by atoms with E-state index in [0.717, 1.165) is 0 Å². The first-order valence-electron chi connectivity index (χ1n) is 6.46. The molecule has 0 aliphatic carbocycles. The Kier molecular flexibility index (Phi) is 6.04. The average Bonchev–Trinajstić information content (AvgIpc) is 2.37. The topological polar surface area (TPSA) is 96.9 Å². The van der Waals surface area contributed by atoms with Crippen LogP contribution in [0.2, 0.25) is 0 Å². The molecule has 1 aliphatic rings. The second kappa shape index (κ2) is 7.30. The molecule has 1 rings (SSSR count). The van der Waals surface area contributed by atoms with Gasteiger partial charge in [-0.05, 0) is 13.3 Å². The zero-order valence-electron chi connectivity index (χ0n) is 11.4. The van der Waals surface area contributed by atoms with Crippen molar-refractivity contribution < 1.29 is 24.2 Å². The summed E-state index contributed by atoms with van der Waals surface area (Å²) < 4.78 is 10.6. The molecule has 7 heteroatoms. The van der Waals surface area contributed by atoms with E-state index >= 15 is 0 Å². The molecule has 2 amide bonds. The fraction of sp³-hybridized carbons (Fsp3) is 0.833. The van der Waals surface area contributed by atoms with Crippen molar-refractivity contribution in [1.29, 1.82) is 0 Å². The lowest BCUT2D eigenvalue weighted by molar-refractivity contribution is -0.144. The second-order valence-corrected chi connectivity index (χ2v) is 4.79. The number of carboxylic acid groups (broad SMARTS) is 1. The molecule has 1 saturated heterocycles. The summed E-state index contributed by atoms with van der Waals surface area (Å²) in [6.07, 6.45) is 0.864. The number of hydrogen-bond donors (Lipinski definition) is 3. The molecule has 0 spiro atoms. The minimum absolute atomic E-state index is 0.179. The van der Waals surface area contributed by atoms with Crippen LogP contribution >= 0.6 is 0 Å². The molecule has 110 valence electrons. The summed E-state index contributed by atoms with van der Waals surface area (Å²) in [4.78, 5) is 22.9. The molecule has 1 fully saturated rings. The van der Waals surface area contributed by atoms with Gasteiger partial charge in [0.2, 0.25) is 0 Å². The number of hydrogen-bond acceptors (Lipinski definition) is 4. The third-order valence-electron chi connectivity index (χ3n) is 2.99. The van der Waals surface area contributed by atoms with E-state index in [1.165, 1.54) is 6.92 Å². The lowest BCUT2D eigenvalue weighted by Crippen LogP contribution is -2.56. The van der Waals surface area contributed by atoms with Gasteiger partial charge < -0.3 is 25.2 Å². The molecule has 0 bridgehead atoms. The van der Waals surface area contributed by atoms with Crippen LogP contribution in [0.3, 0.4) is 0 Å². The smallest absolute Gasteiger partial charge is 0.329 e. The van der Waals surface area contributed by atoms with E-state index in [-0.39, 0.29) is 6.10 Å². The summed E-state index contributed by atoms with van der Waals surface area (Å²) in [5.41, 5.74) is -1.25. The maximum absolute atomic E-state index is 11.7. The highest BCUT2D eigenvalue weighted by molar-refractivity contribution is 5.85. The van der Waals surface area contributed by atoms with Crippen LogP contribution in [0.15, 0.2) is 0 Å². The molecule has 0 aromatic rings. The Labute approximate surface area is 112 Å². The lowest BCUT2D eigenvalue weighted by atomic mass is 9.97. The van der Waals surface area contributed by atoms with E-state index in [2.05, 4.69) is 10.6 Å². The minimum Gasteiger partial charge on any atom is -0.480 e. The molecule has 2 unspecified atom stereocenters. The van der Waals surface area contributed by atoms with Gasteiger partial charge in [-0.15, -0.1) is 0 Å². The molecule has 2 atom stereocenters. The summed E-state index contributed by atoms with van der Waals surface area (Å²) in [5, 5.41) is 14.2. The van der Waals surface area contributed by atoms with Crippen LogP contribution in [0.25, 0.3) is 0 Å². The average molecular weight is 274 g/mol. The van der Waals surface area contributed by atoms with Crippen molar-refractivity contribution in [3.63, 3.8) is 0 Å². The fourth-order valence-corrected chi connectivity index (χ4v) is 1.88. The van der Waals surface area contributed by atoms with Crippen molar-refractivity contribution in [2.24, 2.45) is 0 Å². The predicted molar refractivity (Wildman–Crippen MR) is 68.0 cm³/mol. The number of urea groups is 1. The van der Waals surface area contributed by atoms with Gasteiger partial charge in [-0.2, -0.15) is 0 Å². The number of nitrogens with one attached hydrogen (secondary N) is 2. The molecule has 0 aromatic heterocycles. The van der Waals surface area contributed by atoms with Crippen LogP contribution < -0.4 is 10.6 Å². The van der Waals surface area contributed by atoms with E-state index < -0.39 is 17.5 Å². The van der Waals surface area contributed by atoms with Gasteiger partial charge in [0.1, 0.15) is 5.54 Å². The van der Waals surface area contributed by atoms with Crippen molar-refractivity contribution in [3.8, 4) is 0 Å². The van der Waals surface area contributed by atoms with Crippen LogP contribution in [0.5, 0.6) is 0 Å². The predicted octanol–water partition coefficient (Wildman–Crippen LogP) is 0.344. The van der Waals surface area contributed by atoms with Gasteiger partial charge in [0.05, 0.1) is 25.9 Å². The SMILES string of the molecule is CCCC(C)(NC(=O)NCC1COCCO1)C(=O)O. The van der Waals surface area contributed by atoms with E-state index in [9.17, 15) is 9.59 Å². The Morgan fingerprint density at radius 2 is 2.16 bits per heavy atom. The van der Waals surface area contributed by atoms with Gasteiger partial charge in [0.25, 0.3) is 0 Å². The van der Waals surface area contributed by atoms with Gasteiger partial charge >= 0.3 is 12.0 Å². The summed E-state index contributed by atoms with van der Waals surface area (Å²) in [6.45, 7) is 5.18. The highest BCUT2D eigenvalue weighted by atomic mass is 16.6. The van der Waals surface area contributed by atoms with E-state index in [1.807, 2.05) is 6.92 Å². The number of aliphatic carboxylic acids is 1. The standard InChI is InChI=1S/C12H22N2O5/c1-3-4-12(2,10(15)16)14-11(17)13-7-9-8-18-5-6-19-9/h9H,3-8H2,1-2H3,(H,15,16)(H2,13,14,17). The van der Waals surface area contributed by atoms with E-state index in [1.54, 1.807) is 0 Å². The third kappa shape index (κ3) is 5.04. The summed E-state index contributed by atoms with van der Waals surface area (Å²) in [6, 6.07) is -0.507. The molecule has 19 heavy (non-hydrogen) atoms. The Hall–Kier alpha value is -1.34. The molecule has 0 saturated carbocycles. The maximum atomic E-state index is 11.7. The monoisotopic (exact) mass is 274 g/mol. The molecular weight excluding hydrogens is 252 g/mol. The van der Waals surface area contributed by atoms with Crippen LogP contribution in [0.1, 0.15) is 26.7 Å². The number of rotatable bonds is 6. The summed E-state index contributed by atoms with van der Waals surface area (Å²) >= 11 is 0. The zero-order valence-corrected chi connectivity index (χ0v) is 11.4. The number of amides is 2. The fourth-order valence-electron chi connectivity index (χ4n) is 1.88.